The van der Waals surface area contributed by atoms with Gasteiger partial charge in [0.2, 0.25) is 0 Å². The Labute approximate surface area is 76.6 Å². The summed E-state index contributed by atoms with van der Waals surface area (Å²) < 4.78 is 31.8. The van der Waals surface area contributed by atoms with Crippen LogP contribution in [0.15, 0.2) is 0 Å². The smallest absolute Gasteiger partial charge is 0.264 e. The maximum atomic E-state index is 13.3. The van der Waals surface area contributed by atoms with Crippen LogP contribution in [-0.4, -0.2) is 32.2 Å². The van der Waals surface area contributed by atoms with E-state index in [4.69, 9.17) is 4.74 Å². The first-order valence-electron chi connectivity index (χ1n) is 4.86. The number of alkyl halides is 2. The molecule has 0 aromatic heterocycles. The summed E-state index contributed by atoms with van der Waals surface area (Å²) in [6, 6.07) is 0. The molecular weight excluding hydrogens is 176 g/mol. The van der Waals surface area contributed by atoms with Crippen LogP contribution >= 0.6 is 0 Å². The molecule has 0 amide bonds. The molecule has 2 rings (SSSR count). The van der Waals surface area contributed by atoms with Crippen LogP contribution < -0.4 is 5.32 Å². The van der Waals surface area contributed by atoms with Crippen molar-refractivity contribution >= 4 is 0 Å². The van der Waals surface area contributed by atoms with Crippen molar-refractivity contribution in [3.05, 3.63) is 0 Å². The average Bonchev–Trinajstić information content (AvgIpc) is 2.47. The summed E-state index contributed by atoms with van der Waals surface area (Å²) >= 11 is 0. The second-order valence-corrected chi connectivity index (χ2v) is 3.98. The van der Waals surface area contributed by atoms with Crippen molar-refractivity contribution < 1.29 is 13.5 Å². The first-order chi connectivity index (χ1) is 6.20. The molecule has 2 heterocycles. The minimum atomic E-state index is -2.52. The van der Waals surface area contributed by atoms with Gasteiger partial charge in [-0.2, -0.15) is 0 Å². The number of halogens is 2. The molecule has 0 aromatic rings. The van der Waals surface area contributed by atoms with E-state index < -0.39 is 11.8 Å². The van der Waals surface area contributed by atoms with E-state index in [-0.39, 0.29) is 12.5 Å². The molecule has 2 aliphatic heterocycles. The van der Waals surface area contributed by atoms with Gasteiger partial charge in [0.15, 0.2) is 0 Å². The molecule has 2 unspecified atom stereocenters. The third-order valence-electron chi connectivity index (χ3n) is 3.03. The van der Waals surface area contributed by atoms with E-state index in [1.54, 1.807) is 0 Å². The Bertz CT molecular complexity index is 180. The fourth-order valence-electron chi connectivity index (χ4n) is 2.27. The molecule has 2 saturated heterocycles. The van der Waals surface area contributed by atoms with Crippen LogP contribution in [0, 0.1) is 11.8 Å². The minimum Gasteiger partial charge on any atom is -0.381 e. The molecule has 0 aromatic carbocycles. The molecule has 2 atom stereocenters. The van der Waals surface area contributed by atoms with Crippen LogP contribution in [0.4, 0.5) is 8.78 Å². The van der Waals surface area contributed by atoms with Gasteiger partial charge in [0, 0.05) is 25.7 Å². The number of ether oxygens (including phenoxy) is 1. The van der Waals surface area contributed by atoms with Crippen LogP contribution in [0.25, 0.3) is 0 Å². The molecule has 0 aliphatic carbocycles. The highest BCUT2D eigenvalue weighted by molar-refractivity contribution is 4.92. The quantitative estimate of drug-likeness (QED) is 0.674. The van der Waals surface area contributed by atoms with E-state index >= 15 is 0 Å². The van der Waals surface area contributed by atoms with E-state index in [1.807, 2.05) is 0 Å². The highest BCUT2D eigenvalue weighted by Gasteiger charge is 2.47. The summed E-state index contributed by atoms with van der Waals surface area (Å²) in [6.45, 7) is 1.54. The number of rotatable bonds is 1. The van der Waals surface area contributed by atoms with E-state index in [1.165, 1.54) is 0 Å². The van der Waals surface area contributed by atoms with Gasteiger partial charge in [-0.25, -0.2) is 8.78 Å². The first-order valence-corrected chi connectivity index (χ1v) is 4.86. The highest BCUT2D eigenvalue weighted by atomic mass is 19.3. The Hall–Kier alpha value is -0.220. The van der Waals surface area contributed by atoms with Gasteiger partial charge in [-0.15, -0.1) is 0 Å². The Morgan fingerprint density at radius 2 is 2.23 bits per heavy atom. The van der Waals surface area contributed by atoms with E-state index in [9.17, 15) is 8.78 Å². The van der Waals surface area contributed by atoms with Crippen molar-refractivity contribution in [1.29, 1.82) is 0 Å². The zero-order valence-corrected chi connectivity index (χ0v) is 7.56. The van der Waals surface area contributed by atoms with Crippen LogP contribution in [-0.2, 0) is 4.74 Å². The van der Waals surface area contributed by atoms with Gasteiger partial charge in [0.1, 0.15) is 0 Å². The molecule has 1 N–H and O–H groups in total. The molecule has 0 spiro atoms. The topological polar surface area (TPSA) is 21.3 Å². The summed E-state index contributed by atoms with van der Waals surface area (Å²) in [6.07, 6.45) is 1.82. The minimum absolute atomic E-state index is 0.0544. The maximum Gasteiger partial charge on any atom is 0.264 e. The largest absolute Gasteiger partial charge is 0.381 e. The van der Waals surface area contributed by atoms with Crippen LogP contribution in [0.3, 0.4) is 0 Å². The Balaban J connectivity index is 1.98. The SMILES string of the molecule is FC1(F)CNCC1C1CCCOC1. The van der Waals surface area contributed by atoms with Crippen molar-refractivity contribution in [2.75, 3.05) is 26.3 Å². The third kappa shape index (κ3) is 1.83. The molecule has 76 valence electrons. The molecule has 4 heteroatoms. The second kappa shape index (κ2) is 3.50. The molecule has 13 heavy (non-hydrogen) atoms. The maximum absolute atomic E-state index is 13.3. The Morgan fingerprint density at radius 3 is 2.77 bits per heavy atom. The summed E-state index contributed by atoms with van der Waals surface area (Å²) in [5.74, 6) is -2.97. The van der Waals surface area contributed by atoms with Gasteiger partial charge in [-0.1, -0.05) is 0 Å². The molecule has 0 radical (unpaired) electrons. The summed E-state index contributed by atoms with van der Waals surface area (Å²) in [7, 11) is 0. The fraction of sp³-hybridized carbons (Fsp3) is 1.00. The van der Waals surface area contributed by atoms with Gasteiger partial charge in [0.05, 0.1) is 6.54 Å². The lowest BCUT2D eigenvalue weighted by molar-refractivity contribution is -0.0731. The number of hydrogen-bond donors (Lipinski definition) is 1. The predicted octanol–water partition coefficient (Wildman–Crippen LogP) is 1.27. The second-order valence-electron chi connectivity index (χ2n) is 3.98. The Kier molecular flexibility index (Phi) is 2.51. The van der Waals surface area contributed by atoms with Gasteiger partial charge in [-0.3, -0.25) is 0 Å². The van der Waals surface area contributed by atoms with Crippen molar-refractivity contribution in [1.82, 2.24) is 5.32 Å². The average molecular weight is 191 g/mol. The van der Waals surface area contributed by atoms with Crippen molar-refractivity contribution in [2.45, 2.75) is 18.8 Å². The number of nitrogens with one attached hydrogen (secondary N) is 1. The molecular formula is C9H15F2NO. The molecule has 0 bridgehead atoms. The fourth-order valence-corrected chi connectivity index (χ4v) is 2.27. The van der Waals surface area contributed by atoms with Crippen molar-refractivity contribution in [3.8, 4) is 0 Å². The molecule has 2 nitrogen and oxygen atoms in total. The lowest BCUT2D eigenvalue weighted by Crippen LogP contribution is -2.36. The lowest BCUT2D eigenvalue weighted by atomic mass is 9.85. The van der Waals surface area contributed by atoms with E-state index in [0.29, 0.717) is 13.2 Å². The van der Waals surface area contributed by atoms with Gasteiger partial charge >= 0.3 is 0 Å². The Morgan fingerprint density at radius 1 is 1.38 bits per heavy atom. The lowest BCUT2D eigenvalue weighted by Gasteiger charge is -2.30. The summed E-state index contributed by atoms with van der Waals surface area (Å²) in [4.78, 5) is 0. The number of hydrogen-bond acceptors (Lipinski definition) is 2. The van der Waals surface area contributed by atoms with Gasteiger partial charge < -0.3 is 10.1 Å². The van der Waals surface area contributed by atoms with Gasteiger partial charge in [0.25, 0.3) is 5.92 Å². The van der Waals surface area contributed by atoms with Crippen molar-refractivity contribution in [3.63, 3.8) is 0 Å². The standard InChI is InChI=1S/C9H15F2NO/c10-9(11)6-12-4-8(9)7-2-1-3-13-5-7/h7-8,12H,1-6H2. The van der Waals surface area contributed by atoms with Crippen LogP contribution in [0.1, 0.15) is 12.8 Å². The molecule has 2 fully saturated rings. The monoisotopic (exact) mass is 191 g/mol. The zero-order valence-electron chi connectivity index (χ0n) is 7.56. The highest BCUT2D eigenvalue weighted by Crippen LogP contribution is 2.37. The van der Waals surface area contributed by atoms with Crippen LogP contribution in [0.5, 0.6) is 0 Å². The predicted molar refractivity (Wildman–Crippen MR) is 44.8 cm³/mol. The van der Waals surface area contributed by atoms with E-state index in [2.05, 4.69) is 5.32 Å². The first kappa shape index (κ1) is 9.34. The van der Waals surface area contributed by atoms with Gasteiger partial charge in [-0.05, 0) is 18.8 Å². The third-order valence-corrected chi connectivity index (χ3v) is 3.03. The summed E-state index contributed by atoms with van der Waals surface area (Å²) in [5, 5.41) is 2.75. The normalized spacial score (nSPS) is 39.2. The molecule has 0 saturated carbocycles. The molecule has 2 aliphatic rings. The zero-order chi connectivity index (χ0) is 9.31. The van der Waals surface area contributed by atoms with Crippen LogP contribution in [0.2, 0.25) is 0 Å². The summed E-state index contributed by atoms with van der Waals surface area (Å²) in [5.41, 5.74) is 0. The van der Waals surface area contributed by atoms with Crippen molar-refractivity contribution in [2.24, 2.45) is 11.8 Å². The van der Waals surface area contributed by atoms with E-state index in [0.717, 1.165) is 19.4 Å².